The lowest BCUT2D eigenvalue weighted by molar-refractivity contribution is -0.131. The first-order valence-corrected chi connectivity index (χ1v) is 6.97. The zero-order chi connectivity index (χ0) is 15.4. The Bertz CT molecular complexity index is 691. The van der Waals surface area contributed by atoms with Crippen molar-refractivity contribution in [2.45, 2.75) is 6.92 Å². The smallest absolute Gasteiger partial charge is 0.328 e. The van der Waals surface area contributed by atoms with Crippen LogP contribution < -0.4 is 9.47 Å². The predicted octanol–water partition coefficient (Wildman–Crippen LogP) is 3.23. The van der Waals surface area contributed by atoms with Gasteiger partial charge in [0, 0.05) is 6.08 Å². The van der Waals surface area contributed by atoms with Gasteiger partial charge >= 0.3 is 5.97 Å². The maximum Gasteiger partial charge on any atom is 0.328 e. The van der Waals surface area contributed by atoms with Crippen molar-refractivity contribution < 1.29 is 19.4 Å². The van der Waals surface area contributed by atoms with Gasteiger partial charge in [0.2, 0.25) is 0 Å². The fourth-order valence-corrected chi connectivity index (χ4v) is 2.80. The molecule has 0 unspecified atom stereocenters. The lowest BCUT2D eigenvalue weighted by Crippen LogP contribution is -1.90. The Hall–Kier alpha value is -2.34. The minimum atomic E-state index is -0.983. The van der Waals surface area contributed by atoms with Crippen LogP contribution in [0.5, 0.6) is 11.5 Å². The van der Waals surface area contributed by atoms with Gasteiger partial charge in [0.15, 0.2) is 0 Å². The molecule has 2 aromatic rings. The van der Waals surface area contributed by atoms with E-state index in [1.807, 2.05) is 25.1 Å². The zero-order valence-corrected chi connectivity index (χ0v) is 12.7. The monoisotopic (exact) mass is 305 g/mol. The average Bonchev–Trinajstić information content (AvgIpc) is 2.85. The van der Waals surface area contributed by atoms with Crippen LogP contribution in [0, 0.1) is 6.92 Å². The number of nitrogens with zero attached hydrogens (tertiary/aromatic N) is 1. The highest BCUT2D eigenvalue weighted by atomic mass is 32.1. The number of hydrogen-bond acceptors (Lipinski definition) is 5. The van der Waals surface area contributed by atoms with Gasteiger partial charge in [-0.3, -0.25) is 0 Å². The van der Waals surface area contributed by atoms with Gasteiger partial charge < -0.3 is 14.6 Å². The summed E-state index contributed by atoms with van der Waals surface area (Å²) in [6.07, 6.45) is 2.65. The molecule has 0 amide bonds. The number of benzene rings is 1. The molecule has 1 aromatic heterocycles. The summed E-state index contributed by atoms with van der Waals surface area (Å²) in [5.74, 6) is 0.419. The Morgan fingerprint density at radius 3 is 2.71 bits per heavy atom. The fraction of sp³-hybridized carbons (Fsp3) is 0.200. The molecule has 0 aliphatic heterocycles. The Kier molecular flexibility index (Phi) is 4.59. The summed E-state index contributed by atoms with van der Waals surface area (Å²) < 4.78 is 10.6. The number of methoxy groups -OCH3 is 2. The molecule has 0 aliphatic carbocycles. The van der Waals surface area contributed by atoms with Crippen LogP contribution in [0.1, 0.15) is 10.6 Å². The van der Waals surface area contributed by atoms with E-state index < -0.39 is 5.97 Å². The number of ether oxygens (including phenoxy) is 2. The van der Waals surface area contributed by atoms with Crippen molar-refractivity contribution in [2.75, 3.05) is 14.2 Å². The van der Waals surface area contributed by atoms with Crippen LogP contribution in [0.4, 0.5) is 0 Å². The normalized spacial score (nSPS) is 10.8. The van der Waals surface area contributed by atoms with E-state index in [2.05, 4.69) is 4.98 Å². The first-order valence-electron chi connectivity index (χ1n) is 6.16. The molecule has 5 nitrogen and oxygen atoms in total. The van der Waals surface area contributed by atoms with E-state index in [9.17, 15) is 4.79 Å². The van der Waals surface area contributed by atoms with Crippen LogP contribution in [-0.4, -0.2) is 30.3 Å². The number of carboxylic acids is 1. The maximum atomic E-state index is 10.6. The van der Waals surface area contributed by atoms with Crippen molar-refractivity contribution in [1.82, 2.24) is 4.98 Å². The van der Waals surface area contributed by atoms with Gasteiger partial charge in [0.1, 0.15) is 16.5 Å². The second kappa shape index (κ2) is 6.41. The third kappa shape index (κ3) is 3.41. The molecule has 110 valence electrons. The van der Waals surface area contributed by atoms with Gasteiger partial charge in [-0.05, 0) is 31.2 Å². The van der Waals surface area contributed by atoms with Crippen LogP contribution in [-0.2, 0) is 4.79 Å². The van der Waals surface area contributed by atoms with Crippen LogP contribution in [0.2, 0.25) is 0 Å². The third-order valence-corrected chi connectivity index (χ3v) is 4.00. The molecular weight excluding hydrogens is 290 g/mol. The molecule has 1 heterocycles. The molecular formula is C15H15NO4S. The van der Waals surface area contributed by atoms with Crippen molar-refractivity contribution in [2.24, 2.45) is 0 Å². The molecule has 21 heavy (non-hydrogen) atoms. The lowest BCUT2D eigenvalue weighted by atomic mass is 10.2. The number of thiazole rings is 1. The van der Waals surface area contributed by atoms with Crippen LogP contribution in [0.3, 0.4) is 0 Å². The Balaban J connectivity index is 2.47. The summed E-state index contributed by atoms with van der Waals surface area (Å²) in [6, 6.07) is 5.48. The van der Waals surface area contributed by atoms with E-state index in [1.54, 1.807) is 20.3 Å². The van der Waals surface area contributed by atoms with Gasteiger partial charge in [-0.1, -0.05) is 0 Å². The molecule has 1 N–H and O–H groups in total. The first kappa shape index (κ1) is 15.1. The van der Waals surface area contributed by atoms with Crippen LogP contribution in [0.25, 0.3) is 16.6 Å². The summed E-state index contributed by atoms with van der Waals surface area (Å²) in [7, 11) is 3.19. The number of aromatic nitrogens is 1. The minimum Gasteiger partial charge on any atom is -0.497 e. The predicted molar refractivity (Wildman–Crippen MR) is 82.1 cm³/mol. The molecule has 0 saturated carbocycles. The second-order valence-corrected chi connectivity index (χ2v) is 5.24. The minimum absolute atomic E-state index is 0.693. The SMILES string of the molecule is COc1ccc(OC)c(-c2nc(C)c(/C=C/C(=O)O)s2)c1. The summed E-state index contributed by atoms with van der Waals surface area (Å²) in [6.45, 7) is 1.84. The molecule has 0 atom stereocenters. The van der Waals surface area contributed by atoms with Crippen molar-refractivity contribution in [3.05, 3.63) is 34.8 Å². The number of carbonyl (C=O) groups is 1. The number of aliphatic carboxylic acids is 1. The van der Waals surface area contributed by atoms with E-state index in [-0.39, 0.29) is 0 Å². The summed E-state index contributed by atoms with van der Waals surface area (Å²) in [4.78, 5) is 15.9. The zero-order valence-electron chi connectivity index (χ0n) is 11.9. The fourth-order valence-electron chi connectivity index (χ4n) is 1.81. The van der Waals surface area contributed by atoms with E-state index in [4.69, 9.17) is 14.6 Å². The quantitative estimate of drug-likeness (QED) is 0.859. The van der Waals surface area contributed by atoms with Gasteiger partial charge in [-0.25, -0.2) is 9.78 Å². The highest BCUT2D eigenvalue weighted by Crippen LogP contribution is 2.37. The maximum absolute atomic E-state index is 10.6. The number of carboxylic acid groups (broad SMARTS) is 1. The lowest BCUT2D eigenvalue weighted by Gasteiger charge is -2.08. The second-order valence-electron chi connectivity index (χ2n) is 4.21. The molecule has 0 aliphatic rings. The topological polar surface area (TPSA) is 68.7 Å². The molecule has 0 fully saturated rings. The number of hydrogen-bond donors (Lipinski definition) is 1. The molecule has 2 rings (SSSR count). The summed E-state index contributed by atoms with van der Waals surface area (Å²) >= 11 is 1.41. The first-order chi connectivity index (χ1) is 10.0. The molecule has 6 heteroatoms. The van der Waals surface area contributed by atoms with Gasteiger partial charge in [0.05, 0.1) is 30.4 Å². The summed E-state index contributed by atoms with van der Waals surface area (Å²) in [5.41, 5.74) is 1.59. The standard InChI is InChI=1S/C15H15NO4S/c1-9-13(6-7-14(17)18)21-15(16-9)11-8-10(19-2)4-5-12(11)20-3/h4-8H,1-3H3,(H,17,18)/b7-6+. The Morgan fingerprint density at radius 1 is 1.33 bits per heavy atom. The van der Waals surface area contributed by atoms with Crippen molar-refractivity contribution in [3.63, 3.8) is 0 Å². The van der Waals surface area contributed by atoms with Crippen molar-refractivity contribution >= 4 is 23.4 Å². The largest absolute Gasteiger partial charge is 0.497 e. The average molecular weight is 305 g/mol. The molecule has 0 saturated heterocycles. The molecule has 0 spiro atoms. The highest BCUT2D eigenvalue weighted by molar-refractivity contribution is 7.16. The van der Waals surface area contributed by atoms with Gasteiger partial charge in [0.25, 0.3) is 0 Å². The van der Waals surface area contributed by atoms with Gasteiger partial charge in [-0.2, -0.15) is 0 Å². The highest BCUT2D eigenvalue weighted by Gasteiger charge is 2.13. The number of aryl methyl sites for hydroxylation is 1. The summed E-state index contributed by atoms with van der Waals surface area (Å²) in [5, 5.41) is 9.46. The Labute approximate surface area is 126 Å². The van der Waals surface area contributed by atoms with E-state index in [0.29, 0.717) is 11.5 Å². The van der Waals surface area contributed by atoms with Gasteiger partial charge in [-0.15, -0.1) is 11.3 Å². The molecule has 0 bridgehead atoms. The van der Waals surface area contributed by atoms with Crippen molar-refractivity contribution in [1.29, 1.82) is 0 Å². The third-order valence-electron chi connectivity index (χ3n) is 2.85. The van der Waals surface area contributed by atoms with Crippen LogP contribution in [0.15, 0.2) is 24.3 Å². The van der Waals surface area contributed by atoms with E-state index in [1.165, 1.54) is 11.3 Å². The number of rotatable bonds is 5. The van der Waals surface area contributed by atoms with E-state index >= 15 is 0 Å². The van der Waals surface area contributed by atoms with E-state index in [0.717, 1.165) is 27.2 Å². The van der Waals surface area contributed by atoms with Crippen molar-refractivity contribution in [3.8, 4) is 22.1 Å². The Morgan fingerprint density at radius 2 is 2.10 bits per heavy atom. The molecule has 1 aromatic carbocycles. The van der Waals surface area contributed by atoms with Crippen LogP contribution >= 0.6 is 11.3 Å². The molecule has 0 radical (unpaired) electrons.